The lowest BCUT2D eigenvalue weighted by Gasteiger charge is -1.99. The number of aromatic hydroxyl groups is 1. The Labute approximate surface area is 137 Å². The first kappa shape index (κ1) is 14.1. The fourth-order valence-corrected chi connectivity index (χ4v) is 2.62. The summed E-state index contributed by atoms with van der Waals surface area (Å²) in [5.41, 5.74) is 6.08. The Balaban J connectivity index is 1.66. The highest BCUT2D eigenvalue weighted by Crippen LogP contribution is 2.24. The Morgan fingerprint density at radius 3 is 2.88 bits per heavy atom. The van der Waals surface area contributed by atoms with E-state index in [1.807, 2.05) is 41.9 Å². The van der Waals surface area contributed by atoms with Crippen molar-refractivity contribution < 1.29 is 5.11 Å². The Morgan fingerprint density at radius 1 is 1.12 bits per heavy atom. The summed E-state index contributed by atoms with van der Waals surface area (Å²) in [6.45, 7) is 0. The zero-order valence-corrected chi connectivity index (χ0v) is 12.9. The summed E-state index contributed by atoms with van der Waals surface area (Å²) in [7, 11) is 1.94. The minimum atomic E-state index is 0.189. The fraction of sp³-hybridized carbons (Fsp3) is 0.0588. The first-order valence-corrected chi connectivity index (χ1v) is 7.38. The van der Waals surface area contributed by atoms with Crippen molar-refractivity contribution in [3.05, 3.63) is 54.1 Å². The lowest BCUT2D eigenvalue weighted by atomic mass is 10.2. The summed E-state index contributed by atoms with van der Waals surface area (Å²) >= 11 is 0. The third kappa shape index (κ3) is 2.41. The van der Waals surface area contributed by atoms with Gasteiger partial charge in [-0.1, -0.05) is 30.3 Å². The van der Waals surface area contributed by atoms with E-state index in [0.29, 0.717) is 5.95 Å². The normalized spacial score (nSPS) is 11.5. The fourth-order valence-electron chi connectivity index (χ4n) is 2.62. The topological polar surface area (TPSA) is 88.2 Å². The molecule has 2 aromatic carbocycles. The maximum Gasteiger partial charge on any atom is 0.265 e. The predicted molar refractivity (Wildman–Crippen MR) is 93.1 cm³/mol. The van der Waals surface area contributed by atoms with Crippen LogP contribution in [0, 0.1) is 0 Å². The molecule has 7 nitrogen and oxygen atoms in total. The van der Waals surface area contributed by atoms with E-state index in [1.54, 1.807) is 24.4 Å². The molecular formula is C17H14N6O. The lowest BCUT2D eigenvalue weighted by Crippen LogP contribution is -2.00. The number of hydrogen-bond acceptors (Lipinski definition) is 6. The number of phenolic OH excluding ortho intramolecular Hbond substituents is 1. The first-order chi connectivity index (χ1) is 11.7. The highest BCUT2D eigenvalue weighted by atomic mass is 16.3. The van der Waals surface area contributed by atoms with Gasteiger partial charge in [0.2, 0.25) is 0 Å². The molecule has 0 spiro atoms. The van der Waals surface area contributed by atoms with Crippen LogP contribution in [-0.4, -0.2) is 31.1 Å². The zero-order valence-electron chi connectivity index (χ0n) is 12.9. The van der Waals surface area contributed by atoms with Crippen LogP contribution in [-0.2, 0) is 7.05 Å². The summed E-state index contributed by atoms with van der Waals surface area (Å²) in [6.07, 6.45) is 1.58. The number of nitrogens with one attached hydrogen (secondary N) is 1. The molecule has 4 aromatic rings. The van der Waals surface area contributed by atoms with Gasteiger partial charge in [0.25, 0.3) is 5.95 Å². The van der Waals surface area contributed by atoms with Crippen molar-refractivity contribution in [1.29, 1.82) is 0 Å². The van der Waals surface area contributed by atoms with E-state index in [0.717, 1.165) is 27.6 Å². The largest absolute Gasteiger partial charge is 0.508 e. The average molecular weight is 318 g/mol. The Hall–Kier alpha value is -3.48. The molecule has 2 aromatic heterocycles. The summed E-state index contributed by atoms with van der Waals surface area (Å²) in [4.78, 5) is 4.48. The van der Waals surface area contributed by atoms with Crippen LogP contribution in [0.5, 0.6) is 5.75 Å². The number of para-hydroxylation sites is 1. The van der Waals surface area contributed by atoms with Crippen molar-refractivity contribution in [1.82, 2.24) is 19.7 Å². The number of phenols is 1. The number of anilines is 1. The zero-order chi connectivity index (χ0) is 16.5. The van der Waals surface area contributed by atoms with Crippen molar-refractivity contribution >= 4 is 34.2 Å². The van der Waals surface area contributed by atoms with Crippen molar-refractivity contribution in [2.45, 2.75) is 0 Å². The minimum Gasteiger partial charge on any atom is -0.508 e. The van der Waals surface area contributed by atoms with Crippen LogP contribution in [0.3, 0.4) is 0 Å². The summed E-state index contributed by atoms with van der Waals surface area (Å²) in [5, 5.41) is 22.9. The molecule has 4 rings (SSSR count). The van der Waals surface area contributed by atoms with E-state index in [2.05, 4.69) is 25.7 Å². The van der Waals surface area contributed by atoms with Crippen LogP contribution in [0.2, 0.25) is 0 Å². The standard InChI is InChI=1S/C17H14N6O/c1-23-14-8-3-2-7-13(14)15-16(23)19-17(22-20-15)21-18-10-11-5-4-6-12(24)9-11/h2-10,24H,1H3,(H,19,21,22). The number of aryl methyl sites for hydroxylation is 1. The van der Waals surface area contributed by atoms with Gasteiger partial charge in [0.15, 0.2) is 5.65 Å². The molecule has 0 atom stereocenters. The van der Waals surface area contributed by atoms with E-state index in [4.69, 9.17) is 0 Å². The number of rotatable bonds is 3. The molecule has 2 N–H and O–H groups in total. The Bertz CT molecular complexity index is 1070. The molecule has 2 heterocycles. The molecule has 0 fully saturated rings. The monoisotopic (exact) mass is 318 g/mol. The van der Waals surface area contributed by atoms with Crippen LogP contribution in [0.4, 0.5) is 5.95 Å². The van der Waals surface area contributed by atoms with Gasteiger partial charge in [-0.2, -0.15) is 10.1 Å². The van der Waals surface area contributed by atoms with E-state index in [9.17, 15) is 5.11 Å². The molecule has 118 valence electrons. The van der Waals surface area contributed by atoms with Gasteiger partial charge in [0, 0.05) is 12.4 Å². The SMILES string of the molecule is Cn1c2ccccc2c2nnc(NN=Cc3cccc(O)c3)nc21. The average Bonchev–Trinajstić information content (AvgIpc) is 2.88. The van der Waals surface area contributed by atoms with E-state index < -0.39 is 0 Å². The van der Waals surface area contributed by atoms with E-state index in [-0.39, 0.29) is 5.75 Å². The molecule has 0 radical (unpaired) electrons. The minimum absolute atomic E-state index is 0.189. The van der Waals surface area contributed by atoms with Crippen LogP contribution in [0.15, 0.2) is 53.6 Å². The van der Waals surface area contributed by atoms with E-state index in [1.165, 1.54) is 0 Å². The maximum atomic E-state index is 9.43. The smallest absolute Gasteiger partial charge is 0.265 e. The van der Waals surface area contributed by atoms with Crippen LogP contribution >= 0.6 is 0 Å². The molecule has 0 aliphatic rings. The molecule has 0 aliphatic heterocycles. The predicted octanol–water partition coefficient (Wildman–Crippen LogP) is 2.67. The molecule has 0 amide bonds. The molecule has 24 heavy (non-hydrogen) atoms. The summed E-state index contributed by atoms with van der Waals surface area (Å²) in [5.74, 6) is 0.499. The second-order valence-electron chi connectivity index (χ2n) is 5.35. The molecule has 7 heteroatoms. The van der Waals surface area contributed by atoms with Crippen molar-refractivity contribution in [2.75, 3.05) is 5.43 Å². The van der Waals surface area contributed by atoms with Gasteiger partial charge in [-0.05, 0) is 23.8 Å². The second-order valence-corrected chi connectivity index (χ2v) is 5.35. The van der Waals surface area contributed by atoms with Gasteiger partial charge in [0.1, 0.15) is 11.3 Å². The van der Waals surface area contributed by atoms with Gasteiger partial charge in [-0.15, -0.1) is 10.2 Å². The van der Waals surface area contributed by atoms with Gasteiger partial charge >= 0.3 is 0 Å². The third-order valence-corrected chi connectivity index (χ3v) is 3.75. The molecule has 0 saturated heterocycles. The van der Waals surface area contributed by atoms with Crippen LogP contribution in [0.25, 0.3) is 22.1 Å². The van der Waals surface area contributed by atoms with Crippen LogP contribution in [0.1, 0.15) is 5.56 Å². The van der Waals surface area contributed by atoms with E-state index >= 15 is 0 Å². The number of nitrogens with zero attached hydrogens (tertiary/aromatic N) is 5. The number of hydrogen-bond donors (Lipinski definition) is 2. The summed E-state index contributed by atoms with van der Waals surface area (Å²) < 4.78 is 1.98. The number of fused-ring (bicyclic) bond motifs is 3. The highest BCUT2D eigenvalue weighted by molar-refractivity contribution is 6.04. The van der Waals surface area contributed by atoms with Gasteiger partial charge < -0.3 is 9.67 Å². The Morgan fingerprint density at radius 2 is 2.00 bits per heavy atom. The first-order valence-electron chi connectivity index (χ1n) is 7.38. The number of aromatic nitrogens is 4. The van der Waals surface area contributed by atoms with Gasteiger partial charge in [0.05, 0.1) is 11.7 Å². The van der Waals surface area contributed by atoms with Crippen molar-refractivity contribution in [2.24, 2.45) is 12.1 Å². The lowest BCUT2D eigenvalue weighted by molar-refractivity contribution is 0.475. The Kier molecular flexibility index (Phi) is 3.31. The third-order valence-electron chi connectivity index (χ3n) is 3.75. The summed E-state index contributed by atoms with van der Waals surface area (Å²) in [6, 6.07) is 14.8. The number of benzene rings is 2. The quantitative estimate of drug-likeness (QED) is 0.448. The number of hydrazone groups is 1. The van der Waals surface area contributed by atoms with Crippen molar-refractivity contribution in [3.63, 3.8) is 0 Å². The van der Waals surface area contributed by atoms with Crippen molar-refractivity contribution in [3.8, 4) is 5.75 Å². The molecule has 0 aliphatic carbocycles. The highest BCUT2D eigenvalue weighted by Gasteiger charge is 2.11. The molecule has 0 unspecified atom stereocenters. The second kappa shape index (κ2) is 5.62. The molecule has 0 bridgehead atoms. The van der Waals surface area contributed by atoms with Gasteiger partial charge in [-0.3, -0.25) is 0 Å². The van der Waals surface area contributed by atoms with Crippen LogP contribution < -0.4 is 5.43 Å². The molecular weight excluding hydrogens is 304 g/mol. The molecule has 0 saturated carbocycles. The maximum absolute atomic E-state index is 9.43. The van der Waals surface area contributed by atoms with Gasteiger partial charge in [-0.25, -0.2) is 5.43 Å².